The Bertz CT molecular complexity index is 487. The van der Waals surface area contributed by atoms with Crippen LogP contribution in [0.3, 0.4) is 0 Å². The third kappa shape index (κ3) is 4.99. The smallest absolute Gasteiger partial charge is 0.225 e. The van der Waals surface area contributed by atoms with Crippen molar-refractivity contribution in [1.82, 2.24) is 4.90 Å². The van der Waals surface area contributed by atoms with Gasteiger partial charge in [0, 0.05) is 19.5 Å². The van der Waals surface area contributed by atoms with Gasteiger partial charge in [-0.15, -0.1) is 0 Å². The SMILES string of the molecule is CN(CCC(=O)Nc1ccccc1Cl)CC1(O)CCCC1. The second-order valence-electron chi connectivity index (χ2n) is 5.95. The van der Waals surface area contributed by atoms with E-state index in [4.69, 9.17) is 11.6 Å². The number of likely N-dealkylation sites (N-methyl/N-ethyl adjacent to an activating group) is 1. The van der Waals surface area contributed by atoms with Gasteiger partial charge < -0.3 is 15.3 Å². The molecule has 1 aliphatic carbocycles. The highest BCUT2D eigenvalue weighted by Crippen LogP contribution is 2.29. The predicted octanol–water partition coefficient (Wildman–Crippen LogP) is 2.91. The minimum Gasteiger partial charge on any atom is -0.389 e. The fraction of sp³-hybridized carbons (Fsp3) is 0.562. The molecule has 0 atom stereocenters. The van der Waals surface area contributed by atoms with E-state index in [9.17, 15) is 9.90 Å². The van der Waals surface area contributed by atoms with E-state index >= 15 is 0 Å². The zero-order valence-electron chi connectivity index (χ0n) is 12.4. The van der Waals surface area contributed by atoms with E-state index in [0.717, 1.165) is 25.7 Å². The molecule has 1 saturated carbocycles. The van der Waals surface area contributed by atoms with Crippen LogP contribution >= 0.6 is 11.6 Å². The van der Waals surface area contributed by atoms with Crippen molar-refractivity contribution in [3.05, 3.63) is 29.3 Å². The standard InChI is InChI=1S/C16H23ClN2O2/c1-19(12-16(21)9-4-5-10-16)11-8-15(20)18-14-7-3-2-6-13(14)17/h2-3,6-7,21H,4-5,8-12H2,1H3,(H,18,20). The molecule has 4 nitrogen and oxygen atoms in total. The summed E-state index contributed by atoms with van der Waals surface area (Å²) in [5.74, 6) is -0.0617. The molecule has 21 heavy (non-hydrogen) atoms. The fourth-order valence-electron chi connectivity index (χ4n) is 2.84. The number of anilines is 1. The number of rotatable bonds is 6. The minimum absolute atomic E-state index is 0.0617. The molecular formula is C16H23ClN2O2. The number of hydrogen-bond acceptors (Lipinski definition) is 3. The highest BCUT2D eigenvalue weighted by atomic mass is 35.5. The Kier molecular flexibility index (Phi) is 5.62. The molecule has 0 unspecified atom stereocenters. The molecule has 0 aromatic heterocycles. The summed E-state index contributed by atoms with van der Waals surface area (Å²) >= 11 is 6.00. The van der Waals surface area contributed by atoms with Gasteiger partial charge in [-0.25, -0.2) is 0 Å². The summed E-state index contributed by atoms with van der Waals surface area (Å²) < 4.78 is 0. The van der Waals surface area contributed by atoms with Crippen molar-refractivity contribution >= 4 is 23.2 Å². The monoisotopic (exact) mass is 310 g/mol. The summed E-state index contributed by atoms with van der Waals surface area (Å²) in [6.07, 6.45) is 4.30. The highest BCUT2D eigenvalue weighted by Gasteiger charge is 2.32. The Morgan fingerprint density at radius 3 is 2.71 bits per heavy atom. The van der Waals surface area contributed by atoms with Gasteiger partial charge in [-0.05, 0) is 32.0 Å². The first-order valence-electron chi connectivity index (χ1n) is 7.44. The second-order valence-corrected chi connectivity index (χ2v) is 6.35. The number of nitrogens with zero attached hydrogens (tertiary/aromatic N) is 1. The van der Waals surface area contributed by atoms with Crippen molar-refractivity contribution in [2.75, 3.05) is 25.5 Å². The number of aliphatic hydroxyl groups is 1. The Balaban J connectivity index is 1.75. The summed E-state index contributed by atoms with van der Waals surface area (Å²) in [6.45, 7) is 1.25. The van der Waals surface area contributed by atoms with Crippen LogP contribution in [-0.2, 0) is 4.79 Å². The van der Waals surface area contributed by atoms with Gasteiger partial charge in [-0.2, -0.15) is 0 Å². The Hall–Kier alpha value is -1.10. The second kappa shape index (κ2) is 7.25. The van der Waals surface area contributed by atoms with Crippen LogP contribution in [0.2, 0.25) is 5.02 Å². The molecule has 1 aliphatic rings. The minimum atomic E-state index is -0.562. The van der Waals surface area contributed by atoms with Gasteiger partial charge in [0.1, 0.15) is 0 Å². The molecule has 0 aliphatic heterocycles. The van der Waals surface area contributed by atoms with Crippen molar-refractivity contribution in [2.24, 2.45) is 0 Å². The van der Waals surface area contributed by atoms with E-state index in [-0.39, 0.29) is 5.91 Å². The van der Waals surface area contributed by atoms with Crippen LogP contribution in [0, 0.1) is 0 Å². The van der Waals surface area contributed by atoms with Crippen LogP contribution in [0.5, 0.6) is 0 Å². The first-order valence-corrected chi connectivity index (χ1v) is 7.82. The predicted molar refractivity (Wildman–Crippen MR) is 85.6 cm³/mol. The number of hydrogen-bond donors (Lipinski definition) is 2. The molecule has 1 aromatic rings. The number of benzene rings is 1. The maximum atomic E-state index is 11.9. The largest absolute Gasteiger partial charge is 0.389 e. The van der Waals surface area contributed by atoms with Crippen molar-refractivity contribution in [3.63, 3.8) is 0 Å². The number of nitrogens with one attached hydrogen (secondary N) is 1. The molecule has 5 heteroatoms. The first-order chi connectivity index (χ1) is 9.98. The lowest BCUT2D eigenvalue weighted by Crippen LogP contribution is -2.40. The number of para-hydroxylation sites is 1. The summed E-state index contributed by atoms with van der Waals surface area (Å²) in [5.41, 5.74) is 0.0785. The third-order valence-electron chi connectivity index (χ3n) is 3.97. The quantitative estimate of drug-likeness (QED) is 0.849. The van der Waals surface area contributed by atoms with E-state index < -0.39 is 5.60 Å². The van der Waals surface area contributed by atoms with Gasteiger partial charge >= 0.3 is 0 Å². The van der Waals surface area contributed by atoms with Gasteiger partial charge in [0.25, 0.3) is 0 Å². The molecule has 0 saturated heterocycles. The lowest BCUT2D eigenvalue weighted by atomic mass is 10.0. The normalized spacial score (nSPS) is 17.1. The molecule has 1 amide bonds. The van der Waals surface area contributed by atoms with Crippen molar-refractivity contribution in [1.29, 1.82) is 0 Å². The molecule has 0 radical (unpaired) electrons. The summed E-state index contributed by atoms with van der Waals surface area (Å²) in [6, 6.07) is 7.20. The van der Waals surface area contributed by atoms with E-state index in [2.05, 4.69) is 5.32 Å². The average Bonchev–Trinajstić information content (AvgIpc) is 2.85. The number of halogens is 1. The van der Waals surface area contributed by atoms with Crippen LogP contribution in [-0.4, -0.2) is 41.7 Å². The summed E-state index contributed by atoms with van der Waals surface area (Å²) in [5, 5.41) is 13.7. The van der Waals surface area contributed by atoms with Crippen LogP contribution in [0.25, 0.3) is 0 Å². The average molecular weight is 311 g/mol. The highest BCUT2D eigenvalue weighted by molar-refractivity contribution is 6.33. The molecule has 2 N–H and O–H groups in total. The lowest BCUT2D eigenvalue weighted by molar-refractivity contribution is -0.116. The van der Waals surface area contributed by atoms with E-state index in [0.29, 0.717) is 30.2 Å². The fourth-order valence-corrected chi connectivity index (χ4v) is 3.02. The Morgan fingerprint density at radius 1 is 1.38 bits per heavy atom. The van der Waals surface area contributed by atoms with Gasteiger partial charge in [-0.1, -0.05) is 36.6 Å². The molecule has 2 rings (SSSR count). The zero-order valence-corrected chi connectivity index (χ0v) is 13.2. The van der Waals surface area contributed by atoms with Gasteiger partial charge in [-0.3, -0.25) is 4.79 Å². The first kappa shape index (κ1) is 16.3. The van der Waals surface area contributed by atoms with Crippen LogP contribution < -0.4 is 5.32 Å². The van der Waals surface area contributed by atoms with Gasteiger partial charge in [0.2, 0.25) is 5.91 Å². The molecule has 0 spiro atoms. The van der Waals surface area contributed by atoms with Crippen LogP contribution in [0.1, 0.15) is 32.1 Å². The third-order valence-corrected chi connectivity index (χ3v) is 4.30. The van der Waals surface area contributed by atoms with E-state index in [1.54, 1.807) is 12.1 Å². The molecule has 1 fully saturated rings. The van der Waals surface area contributed by atoms with Crippen molar-refractivity contribution in [2.45, 2.75) is 37.7 Å². The Labute approximate surface area is 131 Å². The van der Waals surface area contributed by atoms with Crippen LogP contribution in [0.4, 0.5) is 5.69 Å². The van der Waals surface area contributed by atoms with Gasteiger partial charge in [0.15, 0.2) is 0 Å². The topological polar surface area (TPSA) is 52.6 Å². The molecular weight excluding hydrogens is 288 g/mol. The van der Waals surface area contributed by atoms with Crippen molar-refractivity contribution < 1.29 is 9.90 Å². The number of carbonyl (C=O) groups excluding carboxylic acids is 1. The van der Waals surface area contributed by atoms with Crippen LogP contribution in [0.15, 0.2) is 24.3 Å². The van der Waals surface area contributed by atoms with Crippen molar-refractivity contribution in [3.8, 4) is 0 Å². The molecule has 0 bridgehead atoms. The van der Waals surface area contributed by atoms with E-state index in [1.165, 1.54) is 0 Å². The number of amides is 1. The Morgan fingerprint density at radius 2 is 2.05 bits per heavy atom. The van der Waals surface area contributed by atoms with E-state index in [1.807, 2.05) is 24.1 Å². The zero-order chi connectivity index (χ0) is 15.3. The maximum absolute atomic E-state index is 11.9. The maximum Gasteiger partial charge on any atom is 0.225 e. The molecule has 116 valence electrons. The number of carbonyl (C=O) groups is 1. The molecule has 0 heterocycles. The summed E-state index contributed by atoms with van der Waals surface area (Å²) in [4.78, 5) is 14.0. The summed E-state index contributed by atoms with van der Waals surface area (Å²) in [7, 11) is 1.94. The molecule has 1 aromatic carbocycles. The lowest BCUT2D eigenvalue weighted by Gasteiger charge is -2.28. The van der Waals surface area contributed by atoms with Gasteiger partial charge in [0.05, 0.1) is 16.3 Å².